The summed E-state index contributed by atoms with van der Waals surface area (Å²) in [5.41, 5.74) is 1.06. The van der Waals surface area contributed by atoms with E-state index in [1.165, 1.54) is 0 Å². The summed E-state index contributed by atoms with van der Waals surface area (Å²) in [6.45, 7) is 3.21. The minimum atomic E-state index is -0.0545. The summed E-state index contributed by atoms with van der Waals surface area (Å²) in [5, 5.41) is 4.25. The number of aryl methyl sites for hydroxylation is 1. The highest BCUT2D eigenvalue weighted by molar-refractivity contribution is 7.21. The first-order valence-corrected chi connectivity index (χ1v) is 9.03. The van der Waals surface area contributed by atoms with Gasteiger partial charge in [-0.25, -0.2) is 0 Å². The zero-order valence-electron chi connectivity index (χ0n) is 13.2. The molecule has 2 aliphatic rings. The van der Waals surface area contributed by atoms with Gasteiger partial charge in [-0.3, -0.25) is 9.59 Å². The SMILES string of the molecule is Cc1c(C(=O)N2C[C@@H]3CCC[C@H](C2)C(=O)N3)sc2ccccc12. The molecule has 0 radical (unpaired) electrons. The molecule has 120 valence electrons. The summed E-state index contributed by atoms with van der Waals surface area (Å²) in [4.78, 5) is 28.0. The monoisotopic (exact) mass is 328 g/mol. The van der Waals surface area contributed by atoms with Gasteiger partial charge in [0.05, 0.1) is 10.8 Å². The quantitative estimate of drug-likeness (QED) is 0.875. The molecule has 4 rings (SSSR count). The molecule has 3 heterocycles. The Balaban J connectivity index is 1.68. The fourth-order valence-corrected chi connectivity index (χ4v) is 4.92. The number of likely N-dealkylation sites (tertiary alicyclic amines) is 1. The Morgan fingerprint density at radius 2 is 2.09 bits per heavy atom. The standard InChI is InChI=1S/C18H20N2O2S/c1-11-14-7-2-3-8-15(14)23-16(11)18(22)20-9-12-5-4-6-13(10-20)19-17(12)21/h2-3,7-8,12-13H,4-6,9-10H2,1H3,(H,19,21)/t12-,13+/m1/s1. The molecule has 2 atom stereocenters. The molecule has 5 heteroatoms. The Bertz CT molecular complexity index is 782. The van der Waals surface area contributed by atoms with Gasteiger partial charge >= 0.3 is 0 Å². The van der Waals surface area contributed by atoms with Crippen LogP contribution in [0.5, 0.6) is 0 Å². The third-order valence-corrected chi connectivity index (χ3v) is 6.29. The van der Waals surface area contributed by atoms with Gasteiger partial charge in [0.15, 0.2) is 0 Å². The summed E-state index contributed by atoms with van der Waals surface area (Å²) >= 11 is 1.56. The highest BCUT2D eigenvalue weighted by Crippen LogP contribution is 2.32. The van der Waals surface area contributed by atoms with Crippen LogP contribution in [-0.4, -0.2) is 35.8 Å². The summed E-state index contributed by atoms with van der Waals surface area (Å²) in [6.07, 6.45) is 2.92. The van der Waals surface area contributed by atoms with Gasteiger partial charge in [-0.05, 0) is 36.8 Å². The summed E-state index contributed by atoms with van der Waals surface area (Å²) in [7, 11) is 0. The number of nitrogens with zero attached hydrogens (tertiary/aromatic N) is 1. The number of amides is 2. The fraction of sp³-hybridized carbons (Fsp3) is 0.444. The molecule has 0 unspecified atom stereocenters. The first-order valence-electron chi connectivity index (χ1n) is 8.21. The molecule has 2 bridgehead atoms. The maximum Gasteiger partial charge on any atom is 0.264 e. The molecule has 2 aliphatic heterocycles. The van der Waals surface area contributed by atoms with Crippen LogP contribution in [0.4, 0.5) is 0 Å². The van der Waals surface area contributed by atoms with Crippen molar-refractivity contribution in [3.8, 4) is 0 Å². The van der Waals surface area contributed by atoms with Gasteiger partial charge in [-0.15, -0.1) is 11.3 Å². The van der Waals surface area contributed by atoms with E-state index in [0.29, 0.717) is 13.1 Å². The number of thiophene rings is 1. The molecule has 2 aromatic rings. The van der Waals surface area contributed by atoms with Crippen molar-refractivity contribution in [1.29, 1.82) is 0 Å². The number of hydrogen-bond donors (Lipinski definition) is 1. The molecule has 1 aromatic heterocycles. The number of carbonyl (C=O) groups is 2. The van der Waals surface area contributed by atoms with Crippen LogP contribution in [0.3, 0.4) is 0 Å². The maximum atomic E-state index is 13.1. The van der Waals surface area contributed by atoms with E-state index >= 15 is 0 Å². The Morgan fingerprint density at radius 1 is 1.26 bits per heavy atom. The van der Waals surface area contributed by atoms with Gasteiger partial charge in [0.25, 0.3) is 5.91 Å². The van der Waals surface area contributed by atoms with Gasteiger partial charge in [-0.1, -0.05) is 24.6 Å². The molecule has 0 aliphatic carbocycles. The van der Waals surface area contributed by atoms with Crippen LogP contribution < -0.4 is 5.32 Å². The predicted octanol–water partition coefficient (Wildman–Crippen LogP) is 2.95. The lowest BCUT2D eigenvalue weighted by Crippen LogP contribution is -2.41. The van der Waals surface area contributed by atoms with Crippen LogP contribution in [0.1, 0.15) is 34.5 Å². The van der Waals surface area contributed by atoms with Crippen molar-refractivity contribution in [3.05, 3.63) is 34.7 Å². The van der Waals surface area contributed by atoms with E-state index in [1.807, 2.05) is 24.0 Å². The molecule has 23 heavy (non-hydrogen) atoms. The zero-order chi connectivity index (χ0) is 16.0. The highest BCUT2D eigenvalue weighted by Gasteiger charge is 2.35. The number of nitrogens with one attached hydrogen (secondary N) is 1. The van der Waals surface area contributed by atoms with E-state index in [4.69, 9.17) is 0 Å². The summed E-state index contributed by atoms with van der Waals surface area (Å²) in [5.74, 6) is 0.147. The smallest absolute Gasteiger partial charge is 0.264 e. The average Bonchev–Trinajstić information content (AvgIpc) is 2.65. The molecule has 2 saturated heterocycles. The lowest BCUT2D eigenvalue weighted by Gasteiger charge is -2.27. The first kappa shape index (κ1) is 14.7. The minimum absolute atomic E-state index is 0.0545. The molecule has 0 spiro atoms. The van der Waals surface area contributed by atoms with E-state index in [0.717, 1.165) is 39.8 Å². The van der Waals surface area contributed by atoms with Crippen LogP contribution in [0.25, 0.3) is 10.1 Å². The lowest BCUT2D eigenvalue weighted by molar-refractivity contribution is -0.124. The molecule has 2 fully saturated rings. The van der Waals surface area contributed by atoms with Gasteiger partial charge in [0.1, 0.15) is 0 Å². The molecular weight excluding hydrogens is 308 g/mol. The van der Waals surface area contributed by atoms with Gasteiger partial charge < -0.3 is 10.2 Å². The van der Waals surface area contributed by atoms with E-state index in [2.05, 4.69) is 17.4 Å². The predicted molar refractivity (Wildman–Crippen MR) is 91.7 cm³/mol. The number of fused-ring (bicyclic) bond motifs is 4. The average molecular weight is 328 g/mol. The van der Waals surface area contributed by atoms with Crippen LogP contribution >= 0.6 is 11.3 Å². The van der Waals surface area contributed by atoms with E-state index in [1.54, 1.807) is 11.3 Å². The Labute approximate surface area is 139 Å². The second kappa shape index (κ2) is 5.64. The largest absolute Gasteiger partial charge is 0.351 e. The number of rotatable bonds is 1. The van der Waals surface area contributed by atoms with Gasteiger partial charge in [0, 0.05) is 23.8 Å². The first-order chi connectivity index (χ1) is 11.1. The van der Waals surface area contributed by atoms with E-state index in [9.17, 15) is 9.59 Å². The third-order valence-electron chi connectivity index (χ3n) is 5.03. The number of hydrogen-bond acceptors (Lipinski definition) is 3. The summed E-state index contributed by atoms with van der Waals surface area (Å²) in [6, 6.07) is 8.25. The van der Waals surface area contributed by atoms with Gasteiger partial charge in [0.2, 0.25) is 5.91 Å². The van der Waals surface area contributed by atoms with Crippen molar-refractivity contribution in [2.45, 2.75) is 32.2 Å². The van der Waals surface area contributed by atoms with Crippen molar-refractivity contribution in [2.75, 3.05) is 13.1 Å². The number of carbonyl (C=O) groups excluding carboxylic acids is 2. The second-order valence-electron chi connectivity index (χ2n) is 6.60. The van der Waals surface area contributed by atoms with Crippen LogP contribution in [-0.2, 0) is 4.79 Å². The molecular formula is C18H20N2O2S. The van der Waals surface area contributed by atoms with E-state index in [-0.39, 0.29) is 23.8 Å². The minimum Gasteiger partial charge on any atom is -0.351 e. The Kier molecular flexibility index (Phi) is 3.60. The lowest BCUT2D eigenvalue weighted by atomic mass is 9.99. The van der Waals surface area contributed by atoms with Gasteiger partial charge in [-0.2, -0.15) is 0 Å². The number of benzene rings is 1. The maximum absolute atomic E-state index is 13.1. The van der Waals surface area contributed by atoms with Crippen molar-refractivity contribution < 1.29 is 9.59 Å². The second-order valence-corrected chi connectivity index (χ2v) is 7.65. The Hall–Kier alpha value is -1.88. The molecule has 1 N–H and O–H groups in total. The fourth-order valence-electron chi connectivity index (χ4n) is 3.74. The molecule has 2 amide bonds. The molecule has 0 saturated carbocycles. The van der Waals surface area contributed by atoms with Crippen molar-refractivity contribution >= 4 is 33.2 Å². The topological polar surface area (TPSA) is 49.4 Å². The normalized spacial score (nSPS) is 24.4. The highest BCUT2D eigenvalue weighted by atomic mass is 32.1. The van der Waals surface area contributed by atoms with Crippen molar-refractivity contribution in [1.82, 2.24) is 10.2 Å². The van der Waals surface area contributed by atoms with Crippen molar-refractivity contribution in [2.24, 2.45) is 5.92 Å². The zero-order valence-corrected chi connectivity index (χ0v) is 14.0. The molecule has 1 aromatic carbocycles. The Morgan fingerprint density at radius 3 is 2.91 bits per heavy atom. The molecule has 4 nitrogen and oxygen atoms in total. The van der Waals surface area contributed by atoms with Crippen LogP contribution in [0, 0.1) is 12.8 Å². The third kappa shape index (κ3) is 2.53. The van der Waals surface area contributed by atoms with E-state index < -0.39 is 0 Å². The van der Waals surface area contributed by atoms with Crippen LogP contribution in [0.15, 0.2) is 24.3 Å². The summed E-state index contributed by atoms with van der Waals surface area (Å²) < 4.78 is 1.15. The van der Waals surface area contributed by atoms with Crippen molar-refractivity contribution in [3.63, 3.8) is 0 Å². The van der Waals surface area contributed by atoms with Crippen LogP contribution in [0.2, 0.25) is 0 Å².